The maximum absolute atomic E-state index is 12.1. The summed E-state index contributed by atoms with van der Waals surface area (Å²) >= 11 is 0. The van der Waals surface area contributed by atoms with Crippen LogP contribution in [0.1, 0.15) is 28.0 Å². The zero-order chi connectivity index (χ0) is 11.7. The average molecular weight is 228 g/mol. The number of nitrogens with one attached hydrogen (secondary N) is 1. The van der Waals surface area contributed by atoms with Gasteiger partial charge >= 0.3 is 0 Å². The van der Waals surface area contributed by atoms with Crippen molar-refractivity contribution in [1.82, 2.24) is 10.2 Å². The number of carbonyl (C=O) groups is 1. The lowest BCUT2D eigenvalue weighted by atomic mass is 10.0. The van der Waals surface area contributed by atoms with Gasteiger partial charge in [0.15, 0.2) is 0 Å². The molecule has 0 saturated heterocycles. The van der Waals surface area contributed by atoms with Crippen LogP contribution in [0.2, 0.25) is 0 Å². The Labute approximate surface area is 98.6 Å². The molecule has 4 heteroatoms. The largest absolute Gasteiger partial charge is 0.493 e. The normalized spacial score (nSPS) is 13.9. The van der Waals surface area contributed by atoms with Crippen LogP contribution >= 0.6 is 0 Å². The number of fused-ring (bicyclic) bond motifs is 1. The molecular formula is C13H12N2O2. The SMILES string of the molecule is O=C(c1ccc2c(c1)CCCO2)c1ccn[nH]1. The van der Waals surface area contributed by atoms with Gasteiger partial charge in [0.25, 0.3) is 0 Å². The molecule has 0 spiro atoms. The van der Waals surface area contributed by atoms with Crippen LogP contribution < -0.4 is 4.74 Å². The number of aryl methyl sites for hydroxylation is 1. The Kier molecular flexibility index (Phi) is 2.40. The van der Waals surface area contributed by atoms with Crippen LogP contribution in [0, 0.1) is 0 Å². The van der Waals surface area contributed by atoms with E-state index in [0.717, 1.165) is 30.8 Å². The third kappa shape index (κ3) is 1.82. The molecule has 2 heterocycles. The molecular weight excluding hydrogens is 216 g/mol. The molecule has 0 aliphatic carbocycles. The molecule has 0 bridgehead atoms. The second-order valence-electron chi connectivity index (χ2n) is 4.07. The van der Waals surface area contributed by atoms with Crippen molar-refractivity contribution < 1.29 is 9.53 Å². The van der Waals surface area contributed by atoms with Gasteiger partial charge in [-0.3, -0.25) is 9.89 Å². The van der Waals surface area contributed by atoms with E-state index < -0.39 is 0 Å². The van der Waals surface area contributed by atoms with Crippen molar-refractivity contribution >= 4 is 5.78 Å². The summed E-state index contributed by atoms with van der Waals surface area (Å²) in [7, 11) is 0. The minimum atomic E-state index is -0.0316. The van der Waals surface area contributed by atoms with E-state index in [2.05, 4.69) is 10.2 Å². The van der Waals surface area contributed by atoms with Crippen LogP contribution in [0.25, 0.3) is 0 Å². The van der Waals surface area contributed by atoms with E-state index in [1.165, 1.54) is 0 Å². The van der Waals surface area contributed by atoms with Crippen molar-refractivity contribution in [1.29, 1.82) is 0 Å². The molecule has 0 amide bonds. The number of benzene rings is 1. The van der Waals surface area contributed by atoms with E-state index >= 15 is 0 Å². The number of nitrogens with zero attached hydrogens (tertiary/aromatic N) is 1. The zero-order valence-corrected chi connectivity index (χ0v) is 9.27. The molecule has 0 fully saturated rings. The fraction of sp³-hybridized carbons (Fsp3) is 0.231. The number of hydrogen-bond donors (Lipinski definition) is 1. The van der Waals surface area contributed by atoms with Crippen LogP contribution in [0.15, 0.2) is 30.5 Å². The van der Waals surface area contributed by atoms with E-state index in [1.807, 2.05) is 12.1 Å². The Morgan fingerprint density at radius 3 is 3.12 bits per heavy atom. The predicted molar refractivity (Wildman–Crippen MR) is 62.3 cm³/mol. The number of hydrogen-bond acceptors (Lipinski definition) is 3. The van der Waals surface area contributed by atoms with Crippen LogP contribution in [-0.4, -0.2) is 22.6 Å². The summed E-state index contributed by atoms with van der Waals surface area (Å²) in [4.78, 5) is 12.1. The zero-order valence-electron chi connectivity index (χ0n) is 9.27. The summed E-state index contributed by atoms with van der Waals surface area (Å²) in [5.74, 6) is 0.869. The predicted octanol–water partition coefficient (Wildman–Crippen LogP) is 1.97. The third-order valence-corrected chi connectivity index (χ3v) is 2.92. The molecule has 2 aromatic rings. The number of rotatable bonds is 2. The first kappa shape index (κ1) is 10.1. The van der Waals surface area contributed by atoms with Crippen molar-refractivity contribution in [2.45, 2.75) is 12.8 Å². The van der Waals surface area contributed by atoms with Gasteiger partial charge in [0.1, 0.15) is 11.4 Å². The molecule has 86 valence electrons. The highest BCUT2D eigenvalue weighted by Gasteiger charge is 2.15. The molecule has 17 heavy (non-hydrogen) atoms. The number of aromatic nitrogens is 2. The van der Waals surface area contributed by atoms with Gasteiger partial charge in [-0.15, -0.1) is 0 Å². The fourth-order valence-electron chi connectivity index (χ4n) is 2.04. The number of carbonyl (C=O) groups excluding carboxylic acids is 1. The van der Waals surface area contributed by atoms with E-state index in [4.69, 9.17) is 4.74 Å². The van der Waals surface area contributed by atoms with Gasteiger partial charge in [-0.2, -0.15) is 5.10 Å². The number of ether oxygens (including phenoxy) is 1. The lowest BCUT2D eigenvalue weighted by Gasteiger charge is -2.17. The molecule has 0 unspecified atom stereocenters. The second-order valence-corrected chi connectivity index (χ2v) is 4.07. The summed E-state index contributed by atoms with van der Waals surface area (Å²) in [6, 6.07) is 7.27. The highest BCUT2D eigenvalue weighted by atomic mass is 16.5. The van der Waals surface area contributed by atoms with Crippen molar-refractivity contribution in [3.05, 3.63) is 47.3 Å². The molecule has 0 radical (unpaired) electrons. The summed E-state index contributed by atoms with van der Waals surface area (Å²) in [6.07, 6.45) is 3.56. The lowest BCUT2D eigenvalue weighted by molar-refractivity contribution is 0.103. The van der Waals surface area contributed by atoms with Gasteiger partial charge in [-0.1, -0.05) is 0 Å². The van der Waals surface area contributed by atoms with Crippen molar-refractivity contribution in [2.24, 2.45) is 0 Å². The fourth-order valence-corrected chi connectivity index (χ4v) is 2.04. The quantitative estimate of drug-likeness (QED) is 0.799. The van der Waals surface area contributed by atoms with E-state index in [0.29, 0.717) is 11.3 Å². The minimum Gasteiger partial charge on any atom is -0.493 e. The first-order valence-electron chi connectivity index (χ1n) is 5.64. The number of H-pyrrole nitrogens is 1. The first-order chi connectivity index (χ1) is 8.34. The lowest BCUT2D eigenvalue weighted by Crippen LogP contribution is -2.10. The molecule has 0 saturated carbocycles. The molecule has 1 N–H and O–H groups in total. The smallest absolute Gasteiger partial charge is 0.210 e. The van der Waals surface area contributed by atoms with Crippen LogP contribution in [-0.2, 0) is 6.42 Å². The van der Waals surface area contributed by atoms with Crippen molar-refractivity contribution in [3.8, 4) is 5.75 Å². The highest BCUT2D eigenvalue weighted by molar-refractivity contribution is 6.07. The van der Waals surface area contributed by atoms with Gasteiger partial charge in [0.05, 0.1) is 6.61 Å². The van der Waals surface area contributed by atoms with Gasteiger partial charge in [-0.25, -0.2) is 0 Å². The van der Waals surface area contributed by atoms with Gasteiger partial charge in [0, 0.05) is 11.8 Å². The third-order valence-electron chi connectivity index (χ3n) is 2.92. The highest BCUT2D eigenvalue weighted by Crippen LogP contribution is 2.26. The summed E-state index contributed by atoms with van der Waals surface area (Å²) < 4.78 is 5.52. The minimum absolute atomic E-state index is 0.0316. The van der Waals surface area contributed by atoms with E-state index in [-0.39, 0.29) is 5.78 Å². The molecule has 3 rings (SSSR count). The van der Waals surface area contributed by atoms with Crippen LogP contribution in [0.5, 0.6) is 5.75 Å². The Morgan fingerprint density at radius 2 is 2.29 bits per heavy atom. The number of ketones is 1. The number of aromatic amines is 1. The van der Waals surface area contributed by atoms with Crippen molar-refractivity contribution in [2.75, 3.05) is 6.61 Å². The second kappa shape index (κ2) is 4.05. The Bertz CT molecular complexity index is 547. The molecule has 1 aliphatic heterocycles. The van der Waals surface area contributed by atoms with Gasteiger partial charge in [0.2, 0.25) is 5.78 Å². The van der Waals surface area contributed by atoms with Gasteiger partial charge in [-0.05, 0) is 42.7 Å². The van der Waals surface area contributed by atoms with Gasteiger partial charge < -0.3 is 4.74 Å². The Morgan fingerprint density at radius 1 is 1.35 bits per heavy atom. The summed E-state index contributed by atoms with van der Waals surface area (Å²) in [6.45, 7) is 0.765. The monoisotopic (exact) mass is 228 g/mol. The maximum Gasteiger partial charge on any atom is 0.210 e. The first-order valence-corrected chi connectivity index (χ1v) is 5.64. The standard InChI is InChI=1S/C13H12N2O2/c16-13(11-5-6-14-15-11)10-3-4-12-9(8-10)2-1-7-17-12/h3-6,8H,1-2,7H2,(H,14,15). The average Bonchev–Trinajstić information content (AvgIpc) is 2.91. The molecule has 4 nitrogen and oxygen atoms in total. The Hall–Kier alpha value is -2.10. The summed E-state index contributed by atoms with van der Waals surface area (Å²) in [5, 5.41) is 6.47. The molecule has 1 aliphatic rings. The van der Waals surface area contributed by atoms with Crippen LogP contribution in [0.3, 0.4) is 0 Å². The molecule has 1 aromatic heterocycles. The van der Waals surface area contributed by atoms with E-state index in [9.17, 15) is 4.79 Å². The Balaban J connectivity index is 1.96. The maximum atomic E-state index is 12.1. The van der Waals surface area contributed by atoms with E-state index in [1.54, 1.807) is 18.3 Å². The topological polar surface area (TPSA) is 55.0 Å². The molecule has 1 aromatic carbocycles. The summed E-state index contributed by atoms with van der Waals surface area (Å²) in [5.41, 5.74) is 2.31. The van der Waals surface area contributed by atoms with Crippen LogP contribution in [0.4, 0.5) is 0 Å². The molecule has 0 atom stereocenters. The van der Waals surface area contributed by atoms with Crippen molar-refractivity contribution in [3.63, 3.8) is 0 Å².